The summed E-state index contributed by atoms with van der Waals surface area (Å²) in [5.41, 5.74) is 5.25. The van der Waals surface area contributed by atoms with Crippen LogP contribution in [0.15, 0.2) is 121 Å². The smallest absolute Gasteiger partial charge is 0.343 e. The molecule has 0 saturated carbocycles. The second-order valence-corrected chi connectivity index (χ2v) is 17.1. The second-order valence-electron chi connectivity index (χ2n) is 17.1. The first-order valence-electron chi connectivity index (χ1n) is 24.1. The molecule has 0 amide bonds. The fourth-order valence-corrected chi connectivity index (χ4v) is 7.49. The number of benzene rings is 5. The number of hydrogen-bond donors (Lipinski definition) is 0. The van der Waals surface area contributed by atoms with Gasteiger partial charge in [-0.3, -0.25) is 4.79 Å². The van der Waals surface area contributed by atoms with Crippen molar-refractivity contribution in [2.45, 2.75) is 143 Å². The molecule has 5 aromatic carbocycles. The summed E-state index contributed by atoms with van der Waals surface area (Å²) in [7, 11) is 0. The molecular weight excluding hydrogens is 829 g/mol. The molecule has 0 spiro atoms. The first-order chi connectivity index (χ1) is 32.1. The maximum absolute atomic E-state index is 12.9. The molecule has 0 unspecified atom stereocenters. The van der Waals surface area contributed by atoms with Crippen LogP contribution in [0.25, 0.3) is 22.3 Å². The monoisotopic (exact) mass is 896 g/mol. The van der Waals surface area contributed by atoms with E-state index in [4.69, 9.17) is 23.7 Å². The average Bonchev–Trinajstić information content (AvgIpc) is 3.33. The van der Waals surface area contributed by atoms with Crippen LogP contribution in [-0.2, 0) is 14.3 Å². The van der Waals surface area contributed by atoms with Crippen LogP contribution in [0.3, 0.4) is 0 Å². The van der Waals surface area contributed by atoms with E-state index < -0.39 is 5.97 Å². The molecule has 350 valence electrons. The summed E-state index contributed by atoms with van der Waals surface area (Å²) >= 11 is 0. The number of unbranched alkanes of at least 4 members (excludes halogenated alkanes) is 10. The number of ether oxygens (including phenoxy) is 5. The molecule has 0 aliphatic rings. The van der Waals surface area contributed by atoms with Crippen molar-refractivity contribution in [1.82, 2.24) is 0 Å². The predicted octanol–water partition coefficient (Wildman–Crippen LogP) is 14.6. The fourth-order valence-electron chi connectivity index (χ4n) is 7.49. The summed E-state index contributed by atoms with van der Waals surface area (Å²) in [6.07, 6.45) is 15.6. The lowest BCUT2D eigenvalue weighted by molar-refractivity contribution is -0.134. The van der Waals surface area contributed by atoms with Crippen molar-refractivity contribution >= 4 is 23.9 Å². The molecule has 0 aliphatic heterocycles. The Balaban J connectivity index is 0.916. The van der Waals surface area contributed by atoms with E-state index in [1.165, 1.54) is 25.7 Å². The van der Waals surface area contributed by atoms with Gasteiger partial charge in [0.25, 0.3) is 0 Å². The molecule has 0 bridgehead atoms. The maximum Gasteiger partial charge on any atom is 0.343 e. The molecule has 0 saturated heterocycles. The van der Waals surface area contributed by atoms with Crippen LogP contribution in [0, 0.1) is 0 Å². The Hall–Kier alpha value is -6.22. The Kier molecular flexibility index (Phi) is 21.5. The van der Waals surface area contributed by atoms with Gasteiger partial charge in [-0.1, -0.05) is 120 Å². The minimum absolute atomic E-state index is 0.104. The van der Waals surface area contributed by atoms with Gasteiger partial charge < -0.3 is 23.7 Å². The zero-order chi connectivity index (χ0) is 46.9. The van der Waals surface area contributed by atoms with E-state index in [0.717, 1.165) is 92.9 Å². The Labute approximate surface area is 392 Å². The zero-order valence-electron chi connectivity index (χ0n) is 39.4. The van der Waals surface area contributed by atoms with E-state index in [0.29, 0.717) is 47.0 Å². The van der Waals surface area contributed by atoms with Crippen LogP contribution in [0.2, 0.25) is 0 Å². The molecule has 5 rings (SSSR count). The Morgan fingerprint density at radius 2 is 0.758 bits per heavy atom. The highest BCUT2D eigenvalue weighted by atomic mass is 16.6. The van der Waals surface area contributed by atoms with Gasteiger partial charge in [0.05, 0.1) is 35.5 Å². The summed E-state index contributed by atoms with van der Waals surface area (Å²) in [4.78, 5) is 50.5. The van der Waals surface area contributed by atoms with E-state index in [-0.39, 0.29) is 30.1 Å². The fraction of sp³-hybridized carbons (Fsp3) is 0.404. The lowest BCUT2D eigenvalue weighted by atomic mass is 10.0. The zero-order valence-corrected chi connectivity index (χ0v) is 39.4. The summed E-state index contributed by atoms with van der Waals surface area (Å²) in [5, 5.41) is 0. The number of rotatable bonds is 28. The normalized spacial score (nSPS) is 11.9. The van der Waals surface area contributed by atoms with E-state index in [1.54, 1.807) is 72.8 Å². The minimum Gasteiger partial charge on any atom is -0.494 e. The molecule has 0 aromatic heterocycles. The third-order valence-corrected chi connectivity index (χ3v) is 11.5. The van der Waals surface area contributed by atoms with Crippen LogP contribution in [0.5, 0.6) is 17.2 Å². The minimum atomic E-state index is -0.462. The van der Waals surface area contributed by atoms with Gasteiger partial charge in [0.2, 0.25) is 0 Å². The predicted molar refractivity (Wildman–Crippen MR) is 261 cm³/mol. The van der Waals surface area contributed by atoms with Gasteiger partial charge in [0.1, 0.15) is 17.2 Å². The largest absolute Gasteiger partial charge is 0.494 e. The summed E-state index contributed by atoms with van der Waals surface area (Å²) in [6.45, 7) is 8.80. The van der Waals surface area contributed by atoms with Gasteiger partial charge in [0, 0.05) is 6.42 Å². The van der Waals surface area contributed by atoms with Crippen molar-refractivity contribution in [2.75, 3.05) is 6.61 Å². The van der Waals surface area contributed by atoms with Crippen molar-refractivity contribution < 1.29 is 42.9 Å². The van der Waals surface area contributed by atoms with Gasteiger partial charge in [-0.2, -0.15) is 0 Å². The Bertz CT molecular complexity index is 2210. The molecule has 0 N–H and O–H groups in total. The van der Waals surface area contributed by atoms with Gasteiger partial charge in [-0.05, 0) is 147 Å². The van der Waals surface area contributed by atoms with Crippen LogP contribution in [-0.4, -0.2) is 42.7 Å². The molecule has 2 atom stereocenters. The van der Waals surface area contributed by atoms with Gasteiger partial charge in [-0.15, -0.1) is 0 Å². The van der Waals surface area contributed by atoms with Crippen molar-refractivity contribution in [1.29, 1.82) is 0 Å². The average molecular weight is 897 g/mol. The maximum atomic E-state index is 12.9. The molecule has 0 aliphatic carbocycles. The summed E-state index contributed by atoms with van der Waals surface area (Å²) in [6, 6.07) is 36.3. The van der Waals surface area contributed by atoms with E-state index in [1.807, 2.05) is 62.4 Å². The highest BCUT2D eigenvalue weighted by Crippen LogP contribution is 2.26. The first-order valence-corrected chi connectivity index (χ1v) is 24.1. The first kappa shape index (κ1) is 50.8. The van der Waals surface area contributed by atoms with Gasteiger partial charge >= 0.3 is 23.9 Å². The van der Waals surface area contributed by atoms with E-state index >= 15 is 0 Å². The standard InChI is InChI=1S/C57H68O9/c1-5-7-9-14-18-42(3)63-55(59)48-25-21-44(22-26-48)46-29-37-52(38-30-46)65-54(58)20-16-12-11-13-17-41-62-51-35-33-50(34-36-51)57(61)66-53-39-31-47(32-40-53)45-23-27-49(28-24-45)56(60)64-43(4)19-15-10-8-6-2/h21-40,42-43H,5-20,41H2,1-4H3/t42-,43-/m0/s1. The second kappa shape index (κ2) is 28.0. The number of carbonyl (C=O) groups is 4. The topological polar surface area (TPSA) is 114 Å². The van der Waals surface area contributed by atoms with Gasteiger partial charge in [-0.25, -0.2) is 14.4 Å². The lowest BCUT2D eigenvalue weighted by Crippen LogP contribution is -2.15. The van der Waals surface area contributed by atoms with Crippen LogP contribution < -0.4 is 14.2 Å². The SMILES string of the molecule is CCCCCC[C@H](C)OC(=O)c1ccc(-c2ccc(OC(=O)CCCCCCCOc3ccc(C(=O)Oc4ccc(-c5ccc(C(=O)O[C@@H](C)CCCCCC)cc5)cc4)cc3)cc2)cc1. The van der Waals surface area contributed by atoms with Crippen molar-refractivity contribution in [3.8, 4) is 39.5 Å². The lowest BCUT2D eigenvalue weighted by Gasteiger charge is -2.13. The summed E-state index contributed by atoms with van der Waals surface area (Å²) in [5.74, 6) is 0.278. The third kappa shape index (κ3) is 17.6. The number of hydrogen-bond acceptors (Lipinski definition) is 9. The van der Waals surface area contributed by atoms with Crippen molar-refractivity contribution in [2.24, 2.45) is 0 Å². The molecule has 0 fully saturated rings. The van der Waals surface area contributed by atoms with Crippen molar-refractivity contribution in [3.05, 3.63) is 138 Å². The molecule has 5 aromatic rings. The van der Waals surface area contributed by atoms with Crippen LogP contribution in [0.4, 0.5) is 0 Å². The molecule has 0 heterocycles. The molecule has 0 radical (unpaired) electrons. The molecule has 9 nitrogen and oxygen atoms in total. The quantitative estimate of drug-likeness (QED) is 0.0275. The third-order valence-electron chi connectivity index (χ3n) is 11.5. The van der Waals surface area contributed by atoms with Gasteiger partial charge in [0.15, 0.2) is 0 Å². The molecule has 9 heteroatoms. The Morgan fingerprint density at radius 3 is 1.23 bits per heavy atom. The van der Waals surface area contributed by atoms with Crippen LogP contribution >= 0.6 is 0 Å². The molecule has 66 heavy (non-hydrogen) atoms. The Morgan fingerprint density at radius 1 is 0.394 bits per heavy atom. The molecular formula is C57H68O9. The van der Waals surface area contributed by atoms with Crippen LogP contribution in [0.1, 0.15) is 162 Å². The highest BCUT2D eigenvalue weighted by molar-refractivity contribution is 5.92. The number of carbonyl (C=O) groups excluding carboxylic acids is 4. The highest BCUT2D eigenvalue weighted by Gasteiger charge is 2.15. The van der Waals surface area contributed by atoms with E-state index in [9.17, 15) is 19.2 Å². The van der Waals surface area contributed by atoms with E-state index in [2.05, 4.69) is 13.8 Å². The van der Waals surface area contributed by atoms with Crippen molar-refractivity contribution in [3.63, 3.8) is 0 Å². The number of esters is 4. The summed E-state index contributed by atoms with van der Waals surface area (Å²) < 4.78 is 28.3.